The summed E-state index contributed by atoms with van der Waals surface area (Å²) in [5.74, 6) is -2.03. The number of hydrogen-bond donors (Lipinski definition) is 1. The summed E-state index contributed by atoms with van der Waals surface area (Å²) < 4.78 is 5.24. The Balaban J connectivity index is 1.19. The van der Waals surface area contributed by atoms with E-state index in [1.807, 2.05) is 0 Å². The lowest BCUT2D eigenvalue weighted by Gasteiger charge is -2.44. The lowest BCUT2D eigenvalue weighted by molar-refractivity contribution is -0.148. The number of rotatable bonds is 6. The van der Waals surface area contributed by atoms with E-state index in [1.165, 1.54) is 4.90 Å². The monoisotopic (exact) mass is 475 g/mol. The van der Waals surface area contributed by atoms with Gasteiger partial charge in [0.05, 0.1) is 22.5 Å². The lowest BCUT2D eigenvalue weighted by Crippen LogP contribution is -2.61. The minimum Gasteiger partial charge on any atom is -0.456 e. The first-order valence-electron chi connectivity index (χ1n) is 11.8. The molecule has 1 N–H and O–H groups in total. The van der Waals surface area contributed by atoms with E-state index in [1.54, 1.807) is 48.5 Å². The summed E-state index contributed by atoms with van der Waals surface area (Å²) in [4.78, 5) is 66.0. The predicted molar refractivity (Wildman–Crippen MR) is 126 cm³/mol. The van der Waals surface area contributed by atoms with Crippen LogP contribution in [0.15, 0.2) is 48.5 Å². The molecule has 0 aromatic heterocycles. The third-order valence-electron chi connectivity index (χ3n) is 6.92. The van der Waals surface area contributed by atoms with Crippen molar-refractivity contribution in [2.24, 2.45) is 0 Å². The van der Waals surface area contributed by atoms with E-state index in [-0.39, 0.29) is 37.1 Å². The predicted octanol–water partition coefficient (Wildman–Crippen LogP) is 2.90. The molecule has 0 bridgehead atoms. The molecule has 0 radical (unpaired) electrons. The number of fused-ring (bicyclic) bond motifs is 2. The van der Waals surface area contributed by atoms with Gasteiger partial charge in [0.1, 0.15) is 5.54 Å². The molecular weight excluding hydrogens is 450 g/mol. The number of nitrogens with zero attached hydrogens (tertiary/aromatic N) is 2. The molecule has 1 fully saturated rings. The number of anilines is 2. The first-order chi connectivity index (χ1) is 16.9. The number of carbonyl (C=O) groups is 5. The van der Waals surface area contributed by atoms with Gasteiger partial charge in [-0.05, 0) is 43.5 Å². The third kappa shape index (κ3) is 3.86. The zero-order chi connectivity index (χ0) is 24.6. The summed E-state index contributed by atoms with van der Waals surface area (Å²) in [6.07, 6.45) is 2.93. The van der Waals surface area contributed by atoms with Crippen molar-refractivity contribution in [3.63, 3.8) is 0 Å². The van der Waals surface area contributed by atoms with Crippen molar-refractivity contribution in [1.82, 2.24) is 4.90 Å². The molecule has 1 saturated carbocycles. The molecule has 2 heterocycles. The van der Waals surface area contributed by atoms with Crippen molar-refractivity contribution >= 4 is 41.0 Å². The fourth-order valence-electron chi connectivity index (χ4n) is 5.23. The summed E-state index contributed by atoms with van der Waals surface area (Å²) in [5, 5.41) is 2.91. The molecule has 2 aromatic rings. The van der Waals surface area contributed by atoms with Crippen molar-refractivity contribution < 1.29 is 28.7 Å². The maximum absolute atomic E-state index is 13.2. The van der Waals surface area contributed by atoms with Gasteiger partial charge in [-0.1, -0.05) is 37.1 Å². The molecule has 3 aliphatic rings. The molecule has 2 aliphatic heterocycles. The second kappa shape index (κ2) is 8.98. The van der Waals surface area contributed by atoms with E-state index in [0.717, 1.165) is 17.7 Å². The minimum absolute atomic E-state index is 0.0527. The highest BCUT2D eigenvalue weighted by molar-refractivity contribution is 6.21. The molecule has 0 saturated heterocycles. The third-order valence-corrected chi connectivity index (χ3v) is 6.92. The van der Waals surface area contributed by atoms with Gasteiger partial charge in [0.2, 0.25) is 0 Å². The van der Waals surface area contributed by atoms with Gasteiger partial charge in [0.15, 0.2) is 6.61 Å². The minimum atomic E-state index is -0.969. The number of para-hydroxylation sites is 2. The number of benzene rings is 2. The van der Waals surface area contributed by atoms with E-state index in [4.69, 9.17) is 4.74 Å². The molecule has 1 aliphatic carbocycles. The maximum Gasteiger partial charge on any atom is 0.306 e. The van der Waals surface area contributed by atoms with Crippen LogP contribution in [0.5, 0.6) is 0 Å². The Morgan fingerprint density at radius 3 is 2.23 bits per heavy atom. The highest BCUT2D eigenvalue weighted by Gasteiger charge is 2.52. The van der Waals surface area contributed by atoms with Crippen molar-refractivity contribution in [3.8, 4) is 0 Å². The second-order valence-corrected chi connectivity index (χ2v) is 9.01. The molecule has 9 nitrogen and oxygen atoms in total. The van der Waals surface area contributed by atoms with Gasteiger partial charge in [-0.2, -0.15) is 0 Å². The molecule has 35 heavy (non-hydrogen) atoms. The lowest BCUT2D eigenvalue weighted by atomic mass is 9.90. The van der Waals surface area contributed by atoms with Gasteiger partial charge >= 0.3 is 5.97 Å². The standard InChI is InChI=1S/C26H25N3O6/c30-21(29-20-11-4-3-10-19(20)27-25(34)26(29)13-5-6-14-26)16-35-22(31)12-7-15-28-23(32)17-8-1-2-9-18(17)24(28)33/h1-4,8-11H,5-7,12-16H2,(H,27,34). The van der Waals surface area contributed by atoms with Crippen LogP contribution in [-0.2, 0) is 19.1 Å². The van der Waals surface area contributed by atoms with E-state index in [0.29, 0.717) is 35.3 Å². The summed E-state index contributed by atoms with van der Waals surface area (Å²) in [7, 11) is 0. The van der Waals surface area contributed by atoms with Gasteiger partial charge in [0.25, 0.3) is 23.6 Å². The molecule has 1 spiro atoms. The molecular formula is C26H25N3O6. The Morgan fingerprint density at radius 1 is 0.914 bits per heavy atom. The van der Waals surface area contributed by atoms with Crippen LogP contribution < -0.4 is 10.2 Å². The van der Waals surface area contributed by atoms with Crippen molar-refractivity contribution in [2.45, 2.75) is 44.1 Å². The van der Waals surface area contributed by atoms with Crippen LogP contribution >= 0.6 is 0 Å². The Hall–Kier alpha value is -4.01. The molecule has 0 atom stereocenters. The number of nitrogens with one attached hydrogen (secondary N) is 1. The zero-order valence-electron chi connectivity index (χ0n) is 19.1. The topological polar surface area (TPSA) is 113 Å². The SMILES string of the molecule is O=C(CCCN1C(=O)c2ccccc2C1=O)OCC(=O)N1c2ccccc2NC(=O)C12CCCC2. The van der Waals surface area contributed by atoms with Crippen molar-refractivity contribution in [1.29, 1.82) is 0 Å². The molecule has 5 rings (SSSR count). The largest absolute Gasteiger partial charge is 0.456 e. The van der Waals surface area contributed by atoms with Crippen LogP contribution in [0.25, 0.3) is 0 Å². The van der Waals surface area contributed by atoms with Crippen LogP contribution in [0.1, 0.15) is 59.2 Å². The number of carbonyl (C=O) groups excluding carboxylic acids is 5. The van der Waals surface area contributed by atoms with Crippen molar-refractivity contribution in [2.75, 3.05) is 23.4 Å². The number of hydrogen-bond acceptors (Lipinski definition) is 6. The van der Waals surface area contributed by atoms with E-state index >= 15 is 0 Å². The molecule has 2 aromatic carbocycles. The van der Waals surface area contributed by atoms with Crippen LogP contribution in [0.3, 0.4) is 0 Å². The van der Waals surface area contributed by atoms with Gasteiger partial charge in [-0.25, -0.2) is 0 Å². The van der Waals surface area contributed by atoms with Crippen molar-refractivity contribution in [3.05, 3.63) is 59.7 Å². The highest BCUT2D eigenvalue weighted by atomic mass is 16.5. The normalized spacial score (nSPS) is 17.9. The Morgan fingerprint density at radius 2 is 1.54 bits per heavy atom. The summed E-state index contributed by atoms with van der Waals surface area (Å²) in [5.41, 5.74) is 0.898. The quantitative estimate of drug-likeness (QED) is 0.508. The van der Waals surface area contributed by atoms with Crippen LogP contribution in [0.4, 0.5) is 11.4 Å². The number of amides is 4. The van der Waals surface area contributed by atoms with Crippen LogP contribution in [0, 0.1) is 0 Å². The van der Waals surface area contributed by atoms with E-state index in [2.05, 4.69) is 5.32 Å². The average molecular weight is 476 g/mol. The molecule has 9 heteroatoms. The van der Waals surface area contributed by atoms with E-state index < -0.39 is 24.0 Å². The van der Waals surface area contributed by atoms with Gasteiger partial charge in [-0.3, -0.25) is 33.8 Å². The number of esters is 1. The summed E-state index contributed by atoms with van der Waals surface area (Å²) in [6, 6.07) is 13.7. The number of imide groups is 1. The Labute approximate surface area is 202 Å². The van der Waals surface area contributed by atoms with Gasteiger partial charge < -0.3 is 10.1 Å². The Bertz CT molecular complexity index is 1200. The van der Waals surface area contributed by atoms with Crippen LogP contribution in [0.2, 0.25) is 0 Å². The molecule has 4 amide bonds. The average Bonchev–Trinajstić information content (AvgIpc) is 3.44. The summed E-state index contributed by atoms with van der Waals surface area (Å²) in [6.45, 7) is -0.409. The van der Waals surface area contributed by atoms with Gasteiger partial charge in [0, 0.05) is 13.0 Å². The second-order valence-electron chi connectivity index (χ2n) is 9.01. The summed E-state index contributed by atoms with van der Waals surface area (Å²) >= 11 is 0. The number of ether oxygens (including phenoxy) is 1. The maximum atomic E-state index is 13.2. The fourth-order valence-corrected chi connectivity index (χ4v) is 5.23. The zero-order valence-corrected chi connectivity index (χ0v) is 19.1. The highest BCUT2D eigenvalue weighted by Crippen LogP contribution is 2.45. The molecule has 180 valence electrons. The first kappa shape index (κ1) is 22.8. The first-order valence-corrected chi connectivity index (χ1v) is 11.8. The van der Waals surface area contributed by atoms with Crippen LogP contribution in [-0.4, -0.2) is 53.2 Å². The van der Waals surface area contributed by atoms with Gasteiger partial charge in [-0.15, -0.1) is 0 Å². The Kier molecular flexibility index (Phi) is 5.84. The van der Waals surface area contributed by atoms with E-state index in [9.17, 15) is 24.0 Å². The molecule has 0 unspecified atom stereocenters. The fraction of sp³-hybridized carbons (Fsp3) is 0.346. The smallest absolute Gasteiger partial charge is 0.306 e.